The number of nitrogens with zero attached hydrogens (tertiary/aromatic N) is 2. The van der Waals surface area contributed by atoms with Crippen LogP contribution in [0.5, 0.6) is 0 Å². The van der Waals surface area contributed by atoms with Crippen molar-refractivity contribution in [2.45, 2.75) is 20.3 Å². The Morgan fingerprint density at radius 3 is 2.93 bits per heavy atom. The van der Waals surface area contributed by atoms with Crippen LogP contribution in [0.1, 0.15) is 28.8 Å². The number of imidazole rings is 1. The molecule has 1 N–H and O–H groups in total. The molecule has 0 aliphatic carbocycles. The molecule has 0 aliphatic rings. The van der Waals surface area contributed by atoms with Crippen molar-refractivity contribution >= 4 is 11.5 Å². The molecule has 4 nitrogen and oxygen atoms in total. The Morgan fingerprint density at radius 1 is 1.60 bits per heavy atom. The topological polar surface area (TPSA) is 54.6 Å². The lowest BCUT2D eigenvalue weighted by Gasteiger charge is -1.98. The lowest BCUT2D eigenvalue weighted by atomic mass is 10.2. The SMILES string of the molecule is CCc1nc(C(=O)O)c2cc(C)ccn12. The molecule has 0 aliphatic heterocycles. The Bertz CT molecular complexity index is 529. The fourth-order valence-electron chi connectivity index (χ4n) is 1.66. The summed E-state index contributed by atoms with van der Waals surface area (Å²) in [6, 6.07) is 3.79. The predicted octanol–water partition coefficient (Wildman–Crippen LogP) is 1.90. The maximum atomic E-state index is 11.0. The van der Waals surface area contributed by atoms with Gasteiger partial charge >= 0.3 is 5.97 Å². The Balaban J connectivity index is 2.81. The van der Waals surface area contributed by atoms with Crippen molar-refractivity contribution in [1.82, 2.24) is 9.38 Å². The largest absolute Gasteiger partial charge is 0.476 e. The Morgan fingerprint density at radius 2 is 2.33 bits per heavy atom. The van der Waals surface area contributed by atoms with Gasteiger partial charge in [0.15, 0.2) is 5.69 Å². The van der Waals surface area contributed by atoms with Gasteiger partial charge in [0.2, 0.25) is 0 Å². The van der Waals surface area contributed by atoms with Crippen molar-refractivity contribution in [3.8, 4) is 0 Å². The summed E-state index contributed by atoms with van der Waals surface area (Å²) in [7, 11) is 0. The summed E-state index contributed by atoms with van der Waals surface area (Å²) in [4.78, 5) is 15.1. The number of aryl methyl sites for hydroxylation is 2. The first-order chi connectivity index (χ1) is 7.13. The molecule has 0 fully saturated rings. The van der Waals surface area contributed by atoms with E-state index >= 15 is 0 Å². The molecule has 2 aromatic rings. The Labute approximate surface area is 87.2 Å². The van der Waals surface area contributed by atoms with Gasteiger partial charge in [-0.25, -0.2) is 9.78 Å². The fourth-order valence-corrected chi connectivity index (χ4v) is 1.66. The molecular formula is C11H12N2O2. The van der Waals surface area contributed by atoms with Crippen LogP contribution in [0.15, 0.2) is 18.3 Å². The van der Waals surface area contributed by atoms with Gasteiger partial charge in [-0.15, -0.1) is 0 Å². The smallest absolute Gasteiger partial charge is 0.356 e. The average Bonchev–Trinajstić information content (AvgIpc) is 2.55. The zero-order chi connectivity index (χ0) is 11.0. The van der Waals surface area contributed by atoms with E-state index < -0.39 is 5.97 Å². The second-order valence-corrected chi connectivity index (χ2v) is 3.49. The highest BCUT2D eigenvalue weighted by Crippen LogP contribution is 2.15. The molecule has 15 heavy (non-hydrogen) atoms. The third-order valence-corrected chi connectivity index (χ3v) is 2.39. The van der Waals surface area contributed by atoms with Crippen molar-refractivity contribution in [3.05, 3.63) is 35.4 Å². The van der Waals surface area contributed by atoms with Crippen LogP contribution in [0, 0.1) is 6.92 Å². The Hall–Kier alpha value is -1.84. The van der Waals surface area contributed by atoms with E-state index in [1.165, 1.54) is 0 Å². The summed E-state index contributed by atoms with van der Waals surface area (Å²) < 4.78 is 1.83. The number of aromatic carboxylic acids is 1. The van der Waals surface area contributed by atoms with Crippen LogP contribution in [-0.2, 0) is 6.42 Å². The first-order valence-corrected chi connectivity index (χ1v) is 4.84. The van der Waals surface area contributed by atoms with E-state index in [1.807, 2.05) is 36.6 Å². The molecule has 0 atom stereocenters. The summed E-state index contributed by atoms with van der Waals surface area (Å²) in [5.41, 5.74) is 1.84. The molecule has 2 heterocycles. The van der Waals surface area contributed by atoms with Crippen LogP contribution in [0.3, 0.4) is 0 Å². The second kappa shape index (κ2) is 3.38. The molecule has 4 heteroatoms. The highest BCUT2D eigenvalue weighted by Gasteiger charge is 2.15. The molecule has 0 saturated carbocycles. The van der Waals surface area contributed by atoms with Gasteiger partial charge < -0.3 is 9.51 Å². The highest BCUT2D eigenvalue weighted by molar-refractivity contribution is 5.93. The summed E-state index contributed by atoms with van der Waals surface area (Å²) in [5.74, 6) is -0.194. The van der Waals surface area contributed by atoms with Crippen LogP contribution >= 0.6 is 0 Å². The summed E-state index contributed by atoms with van der Waals surface area (Å²) >= 11 is 0. The van der Waals surface area contributed by atoms with Crippen molar-refractivity contribution in [1.29, 1.82) is 0 Å². The second-order valence-electron chi connectivity index (χ2n) is 3.49. The monoisotopic (exact) mass is 204 g/mol. The van der Waals surface area contributed by atoms with Gasteiger partial charge in [0.1, 0.15) is 5.82 Å². The molecule has 0 saturated heterocycles. The summed E-state index contributed by atoms with van der Waals surface area (Å²) in [5, 5.41) is 9.01. The van der Waals surface area contributed by atoms with Crippen molar-refractivity contribution in [2.75, 3.05) is 0 Å². The highest BCUT2D eigenvalue weighted by atomic mass is 16.4. The van der Waals surface area contributed by atoms with Gasteiger partial charge in [0.25, 0.3) is 0 Å². The minimum atomic E-state index is -0.974. The van der Waals surface area contributed by atoms with E-state index in [2.05, 4.69) is 4.98 Å². The van der Waals surface area contributed by atoms with Gasteiger partial charge in [0.05, 0.1) is 5.52 Å². The number of aromatic nitrogens is 2. The molecule has 0 unspecified atom stereocenters. The quantitative estimate of drug-likeness (QED) is 0.812. The predicted molar refractivity (Wildman–Crippen MR) is 56.3 cm³/mol. The zero-order valence-corrected chi connectivity index (χ0v) is 8.69. The first kappa shape index (κ1) is 9.71. The van der Waals surface area contributed by atoms with Crippen LogP contribution in [0.2, 0.25) is 0 Å². The zero-order valence-electron chi connectivity index (χ0n) is 8.69. The third kappa shape index (κ3) is 1.48. The number of hydrogen-bond acceptors (Lipinski definition) is 2. The van der Waals surface area contributed by atoms with Crippen LogP contribution in [-0.4, -0.2) is 20.5 Å². The third-order valence-electron chi connectivity index (χ3n) is 2.39. The van der Waals surface area contributed by atoms with Crippen molar-refractivity contribution < 1.29 is 9.90 Å². The van der Waals surface area contributed by atoms with Crippen molar-refractivity contribution in [2.24, 2.45) is 0 Å². The molecule has 0 spiro atoms. The van der Waals surface area contributed by atoms with Crippen LogP contribution in [0.4, 0.5) is 0 Å². The van der Waals surface area contributed by atoms with Crippen LogP contribution in [0.25, 0.3) is 5.52 Å². The van der Waals surface area contributed by atoms with Crippen LogP contribution < -0.4 is 0 Å². The van der Waals surface area contributed by atoms with E-state index in [1.54, 1.807) is 0 Å². The molecule has 0 amide bonds. The van der Waals surface area contributed by atoms with Gasteiger partial charge in [-0.3, -0.25) is 0 Å². The number of carboxylic acids is 1. The van der Waals surface area contributed by atoms with E-state index in [-0.39, 0.29) is 5.69 Å². The minimum Gasteiger partial charge on any atom is -0.476 e. The lowest BCUT2D eigenvalue weighted by molar-refractivity contribution is 0.0693. The Kier molecular flexibility index (Phi) is 2.19. The van der Waals surface area contributed by atoms with E-state index in [0.717, 1.165) is 17.8 Å². The summed E-state index contributed by atoms with van der Waals surface area (Å²) in [6.07, 6.45) is 2.58. The molecular weight excluding hydrogens is 192 g/mol. The molecule has 2 aromatic heterocycles. The number of pyridine rings is 1. The van der Waals surface area contributed by atoms with E-state index in [4.69, 9.17) is 5.11 Å². The number of fused-ring (bicyclic) bond motifs is 1. The molecule has 0 bridgehead atoms. The van der Waals surface area contributed by atoms with E-state index in [0.29, 0.717) is 5.52 Å². The van der Waals surface area contributed by atoms with Gasteiger partial charge in [-0.1, -0.05) is 6.92 Å². The normalized spacial score (nSPS) is 10.8. The maximum absolute atomic E-state index is 11.0. The number of carboxylic acid groups (broad SMARTS) is 1. The standard InChI is InChI=1S/C11H12N2O2/c1-3-9-12-10(11(14)15)8-6-7(2)4-5-13(8)9/h4-6H,3H2,1-2H3,(H,14,15). The summed E-state index contributed by atoms with van der Waals surface area (Å²) in [6.45, 7) is 3.89. The van der Waals surface area contributed by atoms with Gasteiger partial charge in [-0.2, -0.15) is 0 Å². The number of hydrogen-bond donors (Lipinski definition) is 1. The molecule has 78 valence electrons. The number of carbonyl (C=O) groups is 1. The molecule has 0 aromatic carbocycles. The van der Waals surface area contributed by atoms with Crippen molar-refractivity contribution in [3.63, 3.8) is 0 Å². The molecule has 2 rings (SSSR count). The molecule has 0 radical (unpaired) electrons. The van der Waals surface area contributed by atoms with Gasteiger partial charge in [-0.05, 0) is 24.6 Å². The lowest BCUT2D eigenvalue weighted by Crippen LogP contribution is -1.97. The fraction of sp³-hybridized carbons (Fsp3) is 0.273. The number of rotatable bonds is 2. The average molecular weight is 204 g/mol. The minimum absolute atomic E-state index is 0.135. The maximum Gasteiger partial charge on any atom is 0.356 e. The first-order valence-electron chi connectivity index (χ1n) is 4.84. The van der Waals surface area contributed by atoms with E-state index in [9.17, 15) is 4.79 Å². The van der Waals surface area contributed by atoms with Gasteiger partial charge in [0, 0.05) is 12.6 Å².